The number of likely N-dealkylation sites (tertiary alicyclic amines) is 1. The number of hydrogen-bond donors (Lipinski definition) is 2. The number of nitrogens with one attached hydrogen (secondary N) is 1. The van der Waals surface area contributed by atoms with Crippen molar-refractivity contribution in [2.45, 2.75) is 38.6 Å². The molecule has 1 saturated heterocycles. The second-order valence-electron chi connectivity index (χ2n) is 7.21. The molecular formula is C19H24N2O4. The molecule has 6 heteroatoms. The molecule has 3 rings (SSSR count). The lowest BCUT2D eigenvalue weighted by Crippen LogP contribution is -2.41. The molecule has 1 aromatic rings. The zero-order valence-corrected chi connectivity index (χ0v) is 14.4. The van der Waals surface area contributed by atoms with Gasteiger partial charge in [-0.3, -0.25) is 14.4 Å². The molecule has 0 aromatic heterocycles. The maximum Gasteiger partial charge on any atom is 0.307 e. The molecule has 2 unspecified atom stereocenters. The number of amides is 2. The van der Waals surface area contributed by atoms with Crippen molar-refractivity contribution in [1.29, 1.82) is 0 Å². The molecule has 1 aliphatic carbocycles. The lowest BCUT2D eigenvalue weighted by atomic mass is 9.90. The number of aliphatic carboxylic acids is 1. The monoisotopic (exact) mass is 344 g/mol. The van der Waals surface area contributed by atoms with E-state index in [1.165, 1.54) is 6.92 Å². The predicted molar refractivity (Wildman–Crippen MR) is 91.6 cm³/mol. The predicted octanol–water partition coefficient (Wildman–Crippen LogP) is 1.97. The summed E-state index contributed by atoms with van der Waals surface area (Å²) in [4.78, 5) is 37.1. The van der Waals surface area contributed by atoms with Crippen LogP contribution in [0.1, 0.15) is 44.2 Å². The Hall–Kier alpha value is -2.37. The van der Waals surface area contributed by atoms with Crippen LogP contribution < -0.4 is 5.32 Å². The van der Waals surface area contributed by atoms with E-state index in [0.29, 0.717) is 13.1 Å². The second-order valence-corrected chi connectivity index (χ2v) is 7.21. The molecule has 0 radical (unpaired) electrons. The first-order chi connectivity index (χ1) is 11.9. The fourth-order valence-electron chi connectivity index (χ4n) is 3.94. The quantitative estimate of drug-likeness (QED) is 0.855. The van der Waals surface area contributed by atoms with Crippen LogP contribution in [-0.2, 0) is 14.4 Å². The maximum atomic E-state index is 12.7. The van der Waals surface area contributed by atoms with Crippen molar-refractivity contribution in [3.05, 3.63) is 35.9 Å². The van der Waals surface area contributed by atoms with Crippen LogP contribution in [0.25, 0.3) is 0 Å². The Balaban J connectivity index is 1.59. The Kier molecular flexibility index (Phi) is 4.79. The van der Waals surface area contributed by atoms with Gasteiger partial charge in [0.1, 0.15) is 0 Å². The van der Waals surface area contributed by atoms with Crippen molar-refractivity contribution in [3.8, 4) is 0 Å². The summed E-state index contributed by atoms with van der Waals surface area (Å²) in [5.41, 5.74) is 0.826. The van der Waals surface area contributed by atoms with Crippen LogP contribution in [0.4, 0.5) is 0 Å². The molecule has 1 saturated carbocycles. The normalized spacial score (nSPS) is 22.3. The second kappa shape index (κ2) is 6.86. The number of carboxylic acids is 1. The maximum absolute atomic E-state index is 12.7. The van der Waals surface area contributed by atoms with Gasteiger partial charge in [0, 0.05) is 20.0 Å². The summed E-state index contributed by atoms with van der Waals surface area (Å²) in [5.74, 6) is -1.11. The van der Waals surface area contributed by atoms with Crippen LogP contribution >= 0.6 is 0 Å². The number of carboxylic acid groups (broad SMARTS) is 1. The third-order valence-corrected chi connectivity index (χ3v) is 5.56. The highest BCUT2D eigenvalue weighted by Crippen LogP contribution is 2.59. The minimum absolute atomic E-state index is 0.00461. The molecule has 25 heavy (non-hydrogen) atoms. The van der Waals surface area contributed by atoms with Crippen LogP contribution in [0.15, 0.2) is 30.3 Å². The van der Waals surface area contributed by atoms with Crippen LogP contribution in [0, 0.1) is 11.3 Å². The molecule has 2 N–H and O–H groups in total. The van der Waals surface area contributed by atoms with Gasteiger partial charge in [-0.2, -0.15) is 0 Å². The van der Waals surface area contributed by atoms with Gasteiger partial charge in [0.15, 0.2) is 0 Å². The number of benzene rings is 1. The molecule has 1 aliphatic heterocycles. The van der Waals surface area contributed by atoms with Gasteiger partial charge in [-0.25, -0.2) is 0 Å². The number of hydrogen-bond acceptors (Lipinski definition) is 3. The first-order valence-corrected chi connectivity index (χ1v) is 8.74. The van der Waals surface area contributed by atoms with E-state index in [4.69, 9.17) is 5.11 Å². The van der Waals surface area contributed by atoms with Crippen molar-refractivity contribution in [2.75, 3.05) is 13.1 Å². The zero-order valence-electron chi connectivity index (χ0n) is 14.4. The van der Waals surface area contributed by atoms with E-state index < -0.39 is 5.97 Å². The van der Waals surface area contributed by atoms with Crippen LogP contribution in [-0.4, -0.2) is 40.9 Å². The van der Waals surface area contributed by atoms with E-state index in [1.54, 1.807) is 4.90 Å². The minimum atomic E-state index is -0.713. The standard InChI is InChI=1S/C19H24N2O4/c1-13(22)20-16(14-5-3-2-4-6-14)11-17(23)21-9-7-19(8-10-21)12-15(19)18(24)25/h2-6,15-16H,7-12H2,1H3,(H,20,22)(H,24,25). The smallest absolute Gasteiger partial charge is 0.307 e. The Bertz CT molecular complexity index is 665. The van der Waals surface area contributed by atoms with E-state index >= 15 is 0 Å². The molecule has 2 amide bonds. The Morgan fingerprint density at radius 2 is 1.88 bits per heavy atom. The molecule has 2 atom stereocenters. The van der Waals surface area contributed by atoms with E-state index in [-0.39, 0.29) is 35.6 Å². The Morgan fingerprint density at radius 1 is 1.24 bits per heavy atom. The summed E-state index contributed by atoms with van der Waals surface area (Å²) in [6.45, 7) is 2.65. The summed E-state index contributed by atoms with van der Waals surface area (Å²) >= 11 is 0. The van der Waals surface area contributed by atoms with Gasteiger partial charge in [-0.15, -0.1) is 0 Å². The highest BCUT2D eigenvalue weighted by atomic mass is 16.4. The summed E-state index contributed by atoms with van der Waals surface area (Å²) in [7, 11) is 0. The van der Waals surface area contributed by atoms with Gasteiger partial charge >= 0.3 is 5.97 Å². The fourth-order valence-corrected chi connectivity index (χ4v) is 3.94. The highest BCUT2D eigenvalue weighted by molar-refractivity contribution is 5.79. The fraction of sp³-hybridized carbons (Fsp3) is 0.526. The number of rotatable bonds is 5. The third-order valence-electron chi connectivity index (χ3n) is 5.56. The number of carbonyl (C=O) groups is 3. The topological polar surface area (TPSA) is 86.7 Å². The van der Waals surface area contributed by atoms with E-state index in [1.807, 2.05) is 30.3 Å². The average molecular weight is 344 g/mol. The van der Waals surface area contributed by atoms with Crippen molar-refractivity contribution in [1.82, 2.24) is 10.2 Å². The average Bonchev–Trinajstić information content (AvgIpc) is 3.29. The zero-order chi connectivity index (χ0) is 18.0. The molecular weight excluding hydrogens is 320 g/mol. The number of nitrogens with zero attached hydrogens (tertiary/aromatic N) is 1. The van der Waals surface area contributed by atoms with E-state index in [9.17, 15) is 14.4 Å². The Labute approximate surface area is 147 Å². The largest absolute Gasteiger partial charge is 0.481 e. The van der Waals surface area contributed by atoms with Crippen molar-refractivity contribution >= 4 is 17.8 Å². The lowest BCUT2D eigenvalue weighted by Gasteiger charge is -2.33. The summed E-state index contributed by atoms with van der Waals surface area (Å²) in [6, 6.07) is 9.14. The lowest BCUT2D eigenvalue weighted by molar-refractivity contribution is -0.140. The van der Waals surface area contributed by atoms with Gasteiger partial charge in [0.25, 0.3) is 0 Å². The first-order valence-electron chi connectivity index (χ1n) is 8.74. The van der Waals surface area contributed by atoms with Crippen molar-refractivity contribution in [2.24, 2.45) is 11.3 Å². The van der Waals surface area contributed by atoms with E-state index in [2.05, 4.69) is 5.32 Å². The molecule has 6 nitrogen and oxygen atoms in total. The van der Waals surface area contributed by atoms with Crippen LogP contribution in [0.3, 0.4) is 0 Å². The van der Waals surface area contributed by atoms with Crippen molar-refractivity contribution in [3.63, 3.8) is 0 Å². The van der Waals surface area contributed by atoms with Gasteiger partial charge in [0.05, 0.1) is 18.4 Å². The summed E-state index contributed by atoms with van der Waals surface area (Å²) in [5, 5.41) is 12.0. The summed E-state index contributed by atoms with van der Waals surface area (Å²) < 4.78 is 0. The van der Waals surface area contributed by atoms with Gasteiger partial charge in [-0.05, 0) is 30.2 Å². The molecule has 1 spiro atoms. The molecule has 1 heterocycles. The van der Waals surface area contributed by atoms with Crippen molar-refractivity contribution < 1.29 is 19.5 Å². The molecule has 2 aliphatic rings. The molecule has 0 bridgehead atoms. The SMILES string of the molecule is CC(=O)NC(CC(=O)N1CCC2(CC1)CC2C(=O)O)c1ccccc1. The minimum Gasteiger partial charge on any atom is -0.481 e. The van der Waals surface area contributed by atoms with E-state index in [0.717, 1.165) is 24.8 Å². The molecule has 1 aromatic carbocycles. The molecule has 2 fully saturated rings. The Morgan fingerprint density at radius 3 is 2.40 bits per heavy atom. The summed E-state index contributed by atoms with van der Waals surface area (Å²) in [6.07, 6.45) is 2.47. The van der Waals surface area contributed by atoms with Gasteiger partial charge in [-0.1, -0.05) is 30.3 Å². The number of piperidine rings is 1. The van der Waals surface area contributed by atoms with Gasteiger partial charge < -0.3 is 15.3 Å². The first kappa shape index (κ1) is 17.5. The van der Waals surface area contributed by atoms with Crippen LogP contribution in [0.5, 0.6) is 0 Å². The molecule has 134 valence electrons. The van der Waals surface area contributed by atoms with Crippen LogP contribution in [0.2, 0.25) is 0 Å². The third kappa shape index (κ3) is 3.83. The van der Waals surface area contributed by atoms with Gasteiger partial charge in [0.2, 0.25) is 11.8 Å². The highest BCUT2D eigenvalue weighted by Gasteiger charge is 2.59. The number of carbonyl (C=O) groups excluding carboxylic acids is 2.